The number of hydrogen-bond acceptors (Lipinski definition) is 1. The van der Waals surface area contributed by atoms with Gasteiger partial charge >= 0.3 is 0 Å². The van der Waals surface area contributed by atoms with Gasteiger partial charge in [-0.3, -0.25) is 0 Å². The lowest BCUT2D eigenvalue weighted by Gasteiger charge is -2.61. The van der Waals surface area contributed by atoms with Gasteiger partial charge in [-0.15, -0.1) is 0 Å². The largest absolute Gasteiger partial charge is 0.393 e. The summed E-state index contributed by atoms with van der Waals surface area (Å²) < 4.78 is 0. The molecular weight excluding hydrogens is 376 g/mol. The first-order valence-corrected chi connectivity index (χ1v) is 13.5. The van der Waals surface area contributed by atoms with E-state index >= 15 is 0 Å². The average molecular weight is 427 g/mol. The van der Waals surface area contributed by atoms with E-state index in [-0.39, 0.29) is 16.9 Å². The van der Waals surface area contributed by atoms with Crippen molar-refractivity contribution in [1.82, 2.24) is 0 Å². The van der Waals surface area contributed by atoms with E-state index < -0.39 is 0 Å². The molecule has 4 aliphatic rings. The molecule has 0 aromatic heterocycles. The number of rotatable bonds is 5. The summed E-state index contributed by atoms with van der Waals surface area (Å²) in [5.41, 5.74) is 4.34. The van der Waals surface area contributed by atoms with Crippen LogP contribution < -0.4 is 0 Å². The Balaban J connectivity index is 1.64. The second-order valence-electron chi connectivity index (χ2n) is 13.7. The van der Waals surface area contributed by atoms with Gasteiger partial charge in [-0.1, -0.05) is 86.8 Å². The average Bonchev–Trinajstić information content (AvgIpc) is 2.96. The quantitative estimate of drug-likeness (QED) is 0.468. The van der Waals surface area contributed by atoms with Gasteiger partial charge in [0.15, 0.2) is 0 Å². The first-order valence-electron chi connectivity index (χ1n) is 13.5. The van der Waals surface area contributed by atoms with Crippen molar-refractivity contribution in [2.45, 2.75) is 119 Å². The molecule has 0 aromatic carbocycles. The molecule has 7 unspecified atom stereocenters. The Labute approximate surface area is 193 Å². The minimum absolute atomic E-state index is 0.000660. The van der Waals surface area contributed by atoms with Crippen LogP contribution in [0.3, 0.4) is 0 Å². The maximum Gasteiger partial charge on any atom is 0.0594 e. The van der Waals surface area contributed by atoms with E-state index in [0.717, 1.165) is 37.0 Å². The second-order valence-corrected chi connectivity index (χ2v) is 13.7. The molecule has 0 bridgehead atoms. The number of aliphatic hydroxyl groups is 1. The predicted octanol–water partition coefficient (Wildman–Crippen LogP) is 8.34. The van der Waals surface area contributed by atoms with E-state index in [1.165, 1.54) is 38.5 Å². The monoisotopic (exact) mass is 426 g/mol. The van der Waals surface area contributed by atoms with E-state index in [1.807, 2.05) is 0 Å². The van der Waals surface area contributed by atoms with Crippen molar-refractivity contribution in [1.29, 1.82) is 0 Å². The molecule has 0 saturated heterocycles. The van der Waals surface area contributed by atoms with Gasteiger partial charge in [-0.2, -0.15) is 0 Å². The van der Waals surface area contributed by atoms with Crippen LogP contribution >= 0.6 is 0 Å². The van der Waals surface area contributed by atoms with Crippen molar-refractivity contribution in [2.24, 2.45) is 45.3 Å². The van der Waals surface area contributed by atoms with Crippen LogP contribution in [0, 0.1) is 45.3 Å². The zero-order valence-corrected chi connectivity index (χ0v) is 21.9. The molecule has 7 atom stereocenters. The number of aliphatic hydroxyl groups excluding tert-OH is 1. The van der Waals surface area contributed by atoms with Crippen LogP contribution in [0.5, 0.6) is 0 Å². The fourth-order valence-electron chi connectivity index (χ4n) is 8.99. The minimum atomic E-state index is -0.159. The van der Waals surface area contributed by atoms with E-state index in [9.17, 15) is 5.11 Å². The molecule has 1 heteroatoms. The van der Waals surface area contributed by atoms with Crippen molar-refractivity contribution in [3.05, 3.63) is 23.3 Å². The van der Waals surface area contributed by atoms with Gasteiger partial charge in [-0.25, -0.2) is 0 Å². The topological polar surface area (TPSA) is 20.2 Å². The Morgan fingerprint density at radius 1 is 0.935 bits per heavy atom. The van der Waals surface area contributed by atoms with Crippen LogP contribution in [0.25, 0.3) is 0 Å². The summed E-state index contributed by atoms with van der Waals surface area (Å²) >= 11 is 0. The zero-order valence-electron chi connectivity index (χ0n) is 21.9. The Hall–Kier alpha value is -0.560. The summed E-state index contributed by atoms with van der Waals surface area (Å²) in [6, 6.07) is 0. The SMILES string of the molecule is CC(C)CCCC(C)C1CCC2(C)C3=CCC4C(C)(CCC(O)C4(C)C)C3=CCC12C. The van der Waals surface area contributed by atoms with Crippen LogP contribution in [0.4, 0.5) is 0 Å². The molecule has 176 valence electrons. The molecule has 0 radical (unpaired) electrons. The first kappa shape index (κ1) is 23.6. The Bertz CT molecular complexity index is 756. The summed E-state index contributed by atoms with van der Waals surface area (Å²) in [7, 11) is 0. The van der Waals surface area contributed by atoms with Crippen molar-refractivity contribution in [2.75, 3.05) is 0 Å². The lowest BCUT2D eigenvalue weighted by atomic mass is 9.44. The van der Waals surface area contributed by atoms with Crippen LogP contribution in [0.15, 0.2) is 23.3 Å². The second kappa shape index (κ2) is 7.75. The van der Waals surface area contributed by atoms with Crippen LogP contribution in [0.2, 0.25) is 0 Å². The van der Waals surface area contributed by atoms with E-state index in [2.05, 4.69) is 67.5 Å². The van der Waals surface area contributed by atoms with E-state index in [4.69, 9.17) is 0 Å². The number of allylic oxidation sites excluding steroid dienone is 4. The van der Waals surface area contributed by atoms with Gasteiger partial charge in [0, 0.05) is 0 Å². The van der Waals surface area contributed by atoms with E-state index in [1.54, 1.807) is 11.1 Å². The van der Waals surface area contributed by atoms with Crippen LogP contribution in [0.1, 0.15) is 113 Å². The molecule has 0 spiro atoms. The molecule has 31 heavy (non-hydrogen) atoms. The smallest absolute Gasteiger partial charge is 0.0594 e. The summed E-state index contributed by atoms with van der Waals surface area (Å²) in [6.45, 7) is 19.7. The highest BCUT2D eigenvalue weighted by atomic mass is 16.3. The molecule has 0 aliphatic heterocycles. The van der Waals surface area contributed by atoms with Gasteiger partial charge in [0.2, 0.25) is 0 Å². The Morgan fingerprint density at radius 3 is 2.32 bits per heavy atom. The summed E-state index contributed by atoms with van der Waals surface area (Å²) in [4.78, 5) is 0. The summed E-state index contributed by atoms with van der Waals surface area (Å²) in [6.07, 6.45) is 16.6. The predicted molar refractivity (Wildman–Crippen MR) is 133 cm³/mol. The third-order valence-electron chi connectivity index (χ3n) is 11.4. The molecular formula is C30H50O. The van der Waals surface area contributed by atoms with Gasteiger partial charge in [0.1, 0.15) is 0 Å². The third-order valence-corrected chi connectivity index (χ3v) is 11.4. The Kier molecular flexibility index (Phi) is 5.90. The maximum absolute atomic E-state index is 10.8. The number of hydrogen-bond donors (Lipinski definition) is 1. The van der Waals surface area contributed by atoms with Crippen molar-refractivity contribution in [3.63, 3.8) is 0 Å². The maximum atomic E-state index is 10.8. The summed E-state index contributed by atoms with van der Waals surface area (Å²) in [5.74, 6) is 3.06. The highest BCUT2D eigenvalue weighted by Crippen LogP contribution is 2.71. The molecule has 0 heterocycles. The highest BCUT2D eigenvalue weighted by molar-refractivity contribution is 5.49. The first-order chi connectivity index (χ1) is 14.4. The van der Waals surface area contributed by atoms with E-state index in [0.29, 0.717) is 16.7 Å². The number of fused-ring (bicyclic) bond motifs is 5. The van der Waals surface area contributed by atoms with Gasteiger partial charge in [0.25, 0.3) is 0 Å². The van der Waals surface area contributed by atoms with Crippen LogP contribution in [-0.4, -0.2) is 11.2 Å². The molecule has 0 aromatic rings. The van der Waals surface area contributed by atoms with Gasteiger partial charge in [0.05, 0.1) is 6.10 Å². The van der Waals surface area contributed by atoms with Crippen LogP contribution in [-0.2, 0) is 0 Å². The van der Waals surface area contributed by atoms with Crippen molar-refractivity contribution < 1.29 is 5.11 Å². The Morgan fingerprint density at radius 2 is 1.65 bits per heavy atom. The molecule has 1 N–H and O–H groups in total. The molecule has 2 saturated carbocycles. The normalized spacial score (nSPS) is 44.8. The van der Waals surface area contributed by atoms with Crippen molar-refractivity contribution >= 4 is 0 Å². The lowest BCUT2D eigenvalue weighted by Crippen LogP contribution is -2.54. The zero-order chi connectivity index (χ0) is 22.8. The molecule has 0 amide bonds. The van der Waals surface area contributed by atoms with Gasteiger partial charge < -0.3 is 5.11 Å². The fourth-order valence-corrected chi connectivity index (χ4v) is 8.99. The molecule has 1 nitrogen and oxygen atoms in total. The summed E-state index contributed by atoms with van der Waals surface area (Å²) in [5, 5.41) is 10.8. The molecule has 2 fully saturated rings. The molecule has 4 aliphatic carbocycles. The third kappa shape index (κ3) is 3.34. The lowest BCUT2D eigenvalue weighted by molar-refractivity contribution is -0.0851. The highest BCUT2D eigenvalue weighted by Gasteiger charge is 2.62. The standard InChI is InChI=1S/C30H50O/c1-20(2)10-9-11-21(3)22-14-18-30(8)24-12-13-25-27(4,5)26(31)16-17-28(25,6)23(24)15-19-29(22,30)7/h12,15,20-22,25-26,31H,9-11,13-14,16-19H2,1-8H3. The van der Waals surface area contributed by atoms with Crippen molar-refractivity contribution in [3.8, 4) is 0 Å². The molecule has 4 rings (SSSR count). The van der Waals surface area contributed by atoms with Gasteiger partial charge in [-0.05, 0) is 95.0 Å². The fraction of sp³-hybridized carbons (Fsp3) is 0.867. The minimum Gasteiger partial charge on any atom is -0.393 e.